The minimum atomic E-state index is 0.618. The van der Waals surface area contributed by atoms with E-state index in [1.165, 1.54) is 0 Å². The smallest absolute Gasteiger partial charge is 0.168 e. The number of aromatic nitrogens is 3. The van der Waals surface area contributed by atoms with Crippen molar-refractivity contribution in [2.45, 2.75) is 19.9 Å². The highest BCUT2D eigenvalue weighted by Gasteiger charge is 2.10. The lowest BCUT2D eigenvalue weighted by molar-refractivity contribution is 0.447. The van der Waals surface area contributed by atoms with Gasteiger partial charge in [-0.15, -0.1) is 0 Å². The SMILES string of the molecule is CCc1nn(C)cc1NCc1noc2cc(Br)ccc12. The molecule has 0 saturated carbocycles. The fraction of sp³-hybridized carbons (Fsp3) is 0.286. The molecule has 1 N–H and O–H groups in total. The summed E-state index contributed by atoms with van der Waals surface area (Å²) >= 11 is 3.42. The highest BCUT2D eigenvalue weighted by Crippen LogP contribution is 2.23. The minimum absolute atomic E-state index is 0.618. The number of nitrogens with one attached hydrogen (secondary N) is 1. The Bertz CT molecular complexity index is 747. The normalized spacial score (nSPS) is 11.2. The zero-order chi connectivity index (χ0) is 14.1. The fourth-order valence-corrected chi connectivity index (χ4v) is 2.55. The largest absolute Gasteiger partial charge is 0.376 e. The van der Waals surface area contributed by atoms with E-state index >= 15 is 0 Å². The van der Waals surface area contributed by atoms with Crippen LogP contribution < -0.4 is 5.32 Å². The molecule has 0 unspecified atom stereocenters. The first-order valence-corrected chi connectivity index (χ1v) is 7.27. The lowest BCUT2D eigenvalue weighted by atomic mass is 10.2. The van der Waals surface area contributed by atoms with Gasteiger partial charge in [0.05, 0.1) is 17.9 Å². The van der Waals surface area contributed by atoms with Gasteiger partial charge in [-0.3, -0.25) is 4.68 Å². The molecular formula is C14H15BrN4O. The average molecular weight is 335 g/mol. The van der Waals surface area contributed by atoms with Crippen molar-refractivity contribution in [1.29, 1.82) is 0 Å². The Kier molecular flexibility index (Phi) is 3.48. The molecule has 3 aromatic rings. The molecule has 1 aromatic carbocycles. The molecule has 0 aliphatic heterocycles. The fourth-order valence-electron chi connectivity index (χ4n) is 2.21. The maximum atomic E-state index is 5.34. The van der Waals surface area contributed by atoms with Gasteiger partial charge < -0.3 is 9.84 Å². The Morgan fingerprint density at radius 1 is 1.35 bits per heavy atom. The van der Waals surface area contributed by atoms with Gasteiger partial charge in [-0.25, -0.2) is 0 Å². The Labute approximate surface area is 125 Å². The molecule has 6 heteroatoms. The van der Waals surface area contributed by atoms with Crippen LogP contribution in [0, 0.1) is 0 Å². The highest BCUT2D eigenvalue weighted by atomic mass is 79.9. The van der Waals surface area contributed by atoms with E-state index in [0.717, 1.165) is 38.9 Å². The summed E-state index contributed by atoms with van der Waals surface area (Å²) in [6, 6.07) is 5.93. The van der Waals surface area contributed by atoms with Gasteiger partial charge in [0, 0.05) is 23.1 Å². The number of fused-ring (bicyclic) bond motifs is 1. The third kappa shape index (κ3) is 2.43. The summed E-state index contributed by atoms with van der Waals surface area (Å²) in [5, 5.41) is 12.9. The second-order valence-electron chi connectivity index (χ2n) is 4.64. The topological polar surface area (TPSA) is 55.9 Å². The molecule has 104 valence electrons. The second-order valence-corrected chi connectivity index (χ2v) is 5.56. The summed E-state index contributed by atoms with van der Waals surface area (Å²) in [4.78, 5) is 0. The molecule has 2 heterocycles. The van der Waals surface area contributed by atoms with E-state index in [-0.39, 0.29) is 0 Å². The van der Waals surface area contributed by atoms with Crippen molar-refractivity contribution in [1.82, 2.24) is 14.9 Å². The molecule has 20 heavy (non-hydrogen) atoms. The van der Waals surface area contributed by atoms with Crippen molar-refractivity contribution in [2.75, 3.05) is 5.32 Å². The van der Waals surface area contributed by atoms with Crippen molar-refractivity contribution in [3.63, 3.8) is 0 Å². The van der Waals surface area contributed by atoms with Crippen molar-refractivity contribution in [2.24, 2.45) is 7.05 Å². The summed E-state index contributed by atoms with van der Waals surface area (Å²) < 4.78 is 8.15. The number of halogens is 1. The van der Waals surface area contributed by atoms with Crippen LogP contribution >= 0.6 is 15.9 Å². The zero-order valence-corrected chi connectivity index (χ0v) is 12.9. The van der Waals surface area contributed by atoms with Gasteiger partial charge in [0.15, 0.2) is 5.58 Å². The van der Waals surface area contributed by atoms with Crippen LogP contribution in [0.1, 0.15) is 18.3 Å². The van der Waals surface area contributed by atoms with Crippen molar-refractivity contribution in [3.8, 4) is 0 Å². The third-order valence-corrected chi connectivity index (χ3v) is 3.69. The summed E-state index contributed by atoms with van der Waals surface area (Å²) in [5.41, 5.74) is 3.79. The first-order valence-electron chi connectivity index (χ1n) is 6.47. The van der Waals surface area contributed by atoms with Crippen LogP contribution in [0.15, 0.2) is 33.4 Å². The quantitative estimate of drug-likeness (QED) is 0.793. The van der Waals surface area contributed by atoms with Gasteiger partial charge in [0.25, 0.3) is 0 Å². The number of aryl methyl sites for hydroxylation is 2. The van der Waals surface area contributed by atoms with E-state index in [9.17, 15) is 0 Å². The Hall–Kier alpha value is -1.82. The molecule has 3 rings (SSSR count). The van der Waals surface area contributed by atoms with E-state index in [1.807, 2.05) is 36.1 Å². The lowest BCUT2D eigenvalue weighted by Crippen LogP contribution is -2.01. The number of nitrogens with zero attached hydrogens (tertiary/aromatic N) is 3. The van der Waals surface area contributed by atoms with Crippen LogP contribution in [0.25, 0.3) is 11.0 Å². The van der Waals surface area contributed by atoms with Gasteiger partial charge in [-0.1, -0.05) is 28.0 Å². The number of anilines is 1. The lowest BCUT2D eigenvalue weighted by Gasteiger charge is -2.02. The van der Waals surface area contributed by atoms with Crippen molar-refractivity contribution in [3.05, 3.63) is 40.3 Å². The average Bonchev–Trinajstić information content (AvgIpc) is 2.99. The first kappa shape index (κ1) is 13.2. The first-order chi connectivity index (χ1) is 9.67. The number of hydrogen-bond acceptors (Lipinski definition) is 4. The van der Waals surface area contributed by atoms with Crippen LogP contribution in [-0.2, 0) is 20.0 Å². The van der Waals surface area contributed by atoms with Crippen LogP contribution in [-0.4, -0.2) is 14.9 Å². The third-order valence-electron chi connectivity index (χ3n) is 3.20. The standard InChI is InChI=1S/C14H15BrN4O/c1-3-11-13(8-19(2)17-11)16-7-12-10-5-4-9(15)6-14(10)20-18-12/h4-6,8,16H,3,7H2,1-2H3. The highest BCUT2D eigenvalue weighted by molar-refractivity contribution is 9.10. The predicted octanol–water partition coefficient (Wildman–Crippen LogP) is 3.50. The van der Waals surface area contributed by atoms with Crippen LogP contribution in [0.5, 0.6) is 0 Å². The minimum Gasteiger partial charge on any atom is -0.376 e. The zero-order valence-electron chi connectivity index (χ0n) is 11.4. The van der Waals surface area contributed by atoms with Crippen LogP contribution in [0.4, 0.5) is 5.69 Å². The van der Waals surface area contributed by atoms with Crippen molar-refractivity contribution < 1.29 is 4.52 Å². The second kappa shape index (κ2) is 5.28. The Morgan fingerprint density at radius 3 is 3.00 bits per heavy atom. The summed E-state index contributed by atoms with van der Waals surface area (Å²) in [6.07, 6.45) is 2.88. The Morgan fingerprint density at radius 2 is 2.20 bits per heavy atom. The van der Waals surface area contributed by atoms with Gasteiger partial charge in [0.2, 0.25) is 0 Å². The monoisotopic (exact) mass is 334 g/mol. The van der Waals surface area contributed by atoms with Gasteiger partial charge in [0.1, 0.15) is 5.69 Å². The maximum absolute atomic E-state index is 5.34. The van der Waals surface area contributed by atoms with E-state index in [4.69, 9.17) is 4.52 Å². The molecule has 0 fully saturated rings. The summed E-state index contributed by atoms with van der Waals surface area (Å²) in [7, 11) is 1.92. The number of benzene rings is 1. The Balaban J connectivity index is 1.83. The van der Waals surface area contributed by atoms with Crippen LogP contribution in [0.3, 0.4) is 0 Å². The summed E-state index contributed by atoms with van der Waals surface area (Å²) in [6.45, 7) is 2.71. The molecule has 0 radical (unpaired) electrons. The molecule has 0 spiro atoms. The number of rotatable bonds is 4. The molecule has 0 saturated heterocycles. The number of hydrogen-bond donors (Lipinski definition) is 1. The van der Waals surface area contributed by atoms with Gasteiger partial charge in [-0.05, 0) is 24.6 Å². The van der Waals surface area contributed by atoms with E-state index in [1.54, 1.807) is 0 Å². The van der Waals surface area contributed by atoms with E-state index < -0.39 is 0 Å². The maximum Gasteiger partial charge on any atom is 0.168 e. The predicted molar refractivity (Wildman–Crippen MR) is 81.6 cm³/mol. The molecule has 0 aliphatic rings. The molecule has 2 aromatic heterocycles. The summed E-state index contributed by atoms with van der Waals surface area (Å²) in [5.74, 6) is 0. The van der Waals surface area contributed by atoms with Gasteiger partial charge >= 0.3 is 0 Å². The van der Waals surface area contributed by atoms with E-state index in [0.29, 0.717) is 6.54 Å². The van der Waals surface area contributed by atoms with Gasteiger partial charge in [-0.2, -0.15) is 5.10 Å². The molecule has 0 amide bonds. The molecule has 0 atom stereocenters. The molecular weight excluding hydrogens is 320 g/mol. The van der Waals surface area contributed by atoms with Crippen LogP contribution in [0.2, 0.25) is 0 Å². The molecule has 5 nitrogen and oxygen atoms in total. The molecule has 0 bridgehead atoms. The van der Waals surface area contributed by atoms with Crippen molar-refractivity contribution >= 4 is 32.6 Å². The van der Waals surface area contributed by atoms with E-state index in [2.05, 4.69) is 38.4 Å². The molecule has 0 aliphatic carbocycles.